The Bertz CT molecular complexity index is 1260. The number of para-hydroxylation sites is 1. The number of sulfone groups is 1. The number of carbonyl (C=O) groups excluding carboxylic acids is 2. The average molecular weight is 449 g/mol. The number of aromatic nitrogens is 1. The van der Waals surface area contributed by atoms with Crippen LogP contribution in [0.2, 0.25) is 0 Å². The number of esters is 2. The number of carbonyl (C=O) groups is 2. The first kappa shape index (κ1) is 22.3. The number of alkyl halides is 2. The summed E-state index contributed by atoms with van der Waals surface area (Å²) < 4.78 is 58.2. The van der Waals surface area contributed by atoms with Gasteiger partial charge in [0.05, 0.1) is 34.3 Å². The zero-order chi connectivity index (χ0) is 22.8. The van der Waals surface area contributed by atoms with E-state index >= 15 is 0 Å². The van der Waals surface area contributed by atoms with Gasteiger partial charge in [-0.05, 0) is 42.8 Å². The summed E-state index contributed by atoms with van der Waals surface area (Å²) in [5, 5.41) is 0.744. The number of methoxy groups -OCH3 is 1. The summed E-state index contributed by atoms with van der Waals surface area (Å²) in [5.74, 6) is -5.04. The number of halogens is 2. The molecule has 0 N–H and O–H groups in total. The largest absolute Gasteiger partial charge is 0.465 e. The zero-order valence-corrected chi connectivity index (χ0v) is 17.3. The van der Waals surface area contributed by atoms with E-state index in [1.165, 1.54) is 7.11 Å². The summed E-state index contributed by atoms with van der Waals surface area (Å²) in [6.07, 6.45) is 0. The van der Waals surface area contributed by atoms with Crippen molar-refractivity contribution in [1.29, 1.82) is 0 Å². The molecule has 31 heavy (non-hydrogen) atoms. The lowest BCUT2D eigenvalue weighted by Crippen LogP contribution is -2.14. The minimum atomic E-state index is -4.77. The van der Waals surface area contributed by atoms with Crippen LogP contribution in [0.3, 0.4) is 0 Å². The summed E-state index contributed by atoms with van der Waals surface area (Å²) in [6.45, 7) is 1.37. The third kappa shape index (κ3) is 4.38. The second-order valence-electron chi connectivity index (χ2n) is 6.47. The highest BCUT2D eigenvalue weighted by Gasteiger charge is 2.27. The van der Waals surface area contributed by atoms with Crippen molar-refractivity contribution in [2.45, 2.75) is 24.2 Å². The SMILES string of the molecule is COC(=O)c1c(COC(=O)c2ccc(S(=O)(=O)C(F)F)cc2)nc2ccccc2c1C. The van der Waals surface area contributed by atoms with E-state index in [0.29, 0.717) is 11.1 Å². The molecule has 1 aromatic heterocycles. The van der Waals surface area contributed by atoms with Crippen LogP contribution in [-0.4, -0.2) is 38.2 Å². The molecule has 0 radical (unpaired) electrons. The molecule has 0 fully saturated rings. The highest BCUT2D eigenvalue weighted by Crippen LogP contribution is 2.25. The highest BCUT2D eigenvalue weighted by atomic mass is 32.2. The van der Waals surface area contributed by atoms with E-state index in [2.05, 4.69) is 4.98 Å². The molecular formula is C21H17F2NO6S. The first-order valence-corrected chi connectivity index (χ1v) is 10.5. The first-order valence-electron chi connectivity index (χ1n) is 8.92. The lowest BCUT2D eigenvalue weighted by Gasteiger charge is -2.13. The fourth-order valence-electron chi connectivity index (χ4n) is 3.02. The van der Waals surface area contributed by atoms with Gasteiger partial charge < -0.3 is 9.47 Å². The summed E-state index contributed by atoms with van der Waals surface area (Å²) in [7, 11) is -3.54. The summed E-state index contributed by atoms with van der Waals surface area (Å²) in [6, 6.07) is 11.1. The third-order valence-corrected chi connectivity index (χ3v) is 6.01. The van der Waals surface area contributed by atoms with Crippen LogP contribution in [0.25, 0.3) is 10.9 Å². The van der Waals surface area contributed by atoms with Gasteiger partial charge in [-0.15, -0.1) is 0 Å². The smallest absolute Gasteiger partial charge is 0.341 e. The van der Waals surface area contributed by atoms with Gasteiger partial charge in [-0.25, -0.2) is 23.0 Å². The maximum atomic E-state index is 12.6. The summed E-state index contributed by atoms with van der Waals surface area (Å²) >= 11 is 0. The molecule has 0 saturated heterocycles. The molecule has 0 aliphatic rings. The molecule has 3 rings (SSSR count). The van der Waals surface area contributed by atoms with E-state index < -0.39 is 32.4 Å². The standard InChI is InChI=1S/C21H17F2NO6S/c1-12-15-5-3-4-6-16(15)24-17(18(12)20(26)29-2)11-30-19(25)13-7-9-14(10-8-13)31(27,28)21(22)23/h3-10,21H,11H2,1-2H3. The molecule has 0 saturated carbocycles. The Morgan fingerprint density at radius 2 is 1.68 bits per heavy atom. The van der Waals surface area contributed by atoms with Gasteiger partial charge in [-0.3, -0.25) is 0 Å². The second-order valence-corrected chi connectivity index (χ2v) is 8.39. The van der Waals surface area contributed by atoms with Crippen molar-refractivity contribution in [2.24, 2.45) is 0 Å². The van der Waals surface area contributed by atoms with E-state index in [1.807, 2.05) is 0 Å². The number of benzene rings is 2. The number of hydrogen-bond donors (Lipinski definition) is 0. The fourth-order valence-corrected chi connectivity index (χ4v) is 3.74. The maximum absolute atomic E-state index is 12.6. The highest BCUT2D eigenvalue weighted by molar-refractivity contribution is 7.91. The zero-order valence-electron chi connectivity index (χ0n) is 16.5. The Balaban J connectivity index is 1.87. The molecule has 0 atom stereocenters. The molecule has 2 aromatic carbocycles. The van der Waals surface area contributed by atoms with Crippen LogP contribution in [-0.2, 0) is 25.9 Å². The Hall–Kier alpha value is -3.40. The van der Waals surface area contributed by atoms with Crippen LogP contribution in [0.4, 0.5) is 8.78 Å². The van der Waals surface area contributed by atoms with Crippen LogP contribution in [0.5, 0.6) is 0 Å². The van der Waals surface area contributed by atoms with E-state index in [0.717, 1.165) is 29.7 Å². The predicted molar refractivity (Wildman–Crippen MR) is 107 cm³/mol. The van der Waals surface area contributed by atoms with Gasteiger partial charge in [0.15, 0.2) is 0 Å². The number of pyridine rings is 1. The Morgan fingerprint density at radius 3 is 2.29 bits per heavy atom. The molecular weight excluding hydrogens is 432 g/mol. The number of ether oxygens (including phenoxy) is 2. The quantitative estimate of drug-likeness (QED) is 0.529. The second kappa shape index (κ2) is 8.76. The molecule has 10 heteroatoms. The van der Waals surface area contributed by atoms with Crippen LogP contribution in [0, 0.1) is 6.92 Å². The van der Waals surface area contributed by atoms with Gasteiger partial charge in [0.2, 0.25) is 9.84 Å². The van der Waals surface area contributed by atoms with Crippen molar-refractivity contribution in [3.05, 3.63) is 70.9 Å². The van der Waals surface area contributed by atoms with Crippen LogP contribution in [0.1, 0.15) is 32.0 Å². The molecule has 1 heterocycles. The van der Waals surface area contributed by atoms with Gasteiger partial charge >= 0.3 is 17.7 Å². The Labute approximate surface area is 176 Å². The molecule has 162 valence electrons. The van der Waals surface area contributed by atoms with Gasteiger partial charge in [-0.2, -0.15) is 8.78 Å². The van der Waals surface area contributed by atoms with E-state index in [9.17, 15) is 26.8 Å². The van der Waals surface area contributed by atoms with Crippen LogP contribution >= 0.6 is 0 Å². The lowest BCUT2D eigenvalue weighted by molar-refractivity contribution is 0.0455. The maximum Gasteiger partial charge on any atom is 0.341 e. The topological polar surface area (TPSA) is 99.6 Å². The minimum absolute atomic E-state index is 0.0506. The number of aryl methyl sites for hydroxylation is 1. The minimum Gasteiger partial charge on any atom is -0.465 e. The van der Waals surface area contributed by atoms with Gasteiger partial charge in [0.1, 0.15) is 6.61 Å². The normalized spacial score (nSPS) is 11.5. The van der Waals surface area contributed by atoms with Crippen molar-refractivity contribution in [3.63, 3.8) is 0 Å². The van der Waals surface area contributed by atoms with Crippen molar-refractivity contribution in [2.75, 3.05) is 7.11 Å². The molecule has 7 nitrogen and oxygen atoms in total. The van der Waals surface area contributed by atoms with Crippen LogP contribution in [0.15, 0.2) is 53.4 Å². The first-order chi connectivity index (χ1) is 14.7. The number of hydrogen-bond acceptors (Lipinski definition) is 7. The molecule has 0 aliphatic heterocycles. The monoisotopic (exact) mass is 449 g/mol. The molecule has 0 bridgehead atoms. The van der Waals surface area contributed by atoms with Gasteiger partial charge in [0.25, 0.3) is 0 Å². The van der Waals surface area contributed by atoms with Crippen molar-refractivity contribution in [1.82, 2.24) is 4.98 Å². The van der Waals surface area contributed by atoms with Crippen molar-refractivity contribution < 1.29 is 36.3 Å². The van der Waals surface area contributed by atoms with Crippen molar-refractivity contribution in [3.8, 4) is 0 Å². The van der Waals surface area contributed by atoms with Crippen molar-refractivity contribution >= 4 is 32.7 Å². The Morgan fingerprint density at radius 1 is 1.03 bits per heavy atom. The molecule has 0 unspecified atom stereocenters. The summed E-state index contributed by atoms with van der Waals surface area (Å²) in [5.41, 5.74) is 1.52. The van der Waals surface area contributed by atoms with Gasteiger partial charge in [0, 0.05) is 5.39 Å². The van der Waals surface area contributed by atoms with Crippen LogP contribution < -0.4 is 0 Å². The molecule has 0 amide bonds. The Kier molecular flexibility index (Phi) is 6.30. The number of nitrogens with zero attached hydrogens (tertiary/aromatic N) is 1. The van der Waals surface area contributed by atoms with Gasteiger partial charge in [-0.1, -0.05) is 18.2 Å². The molecule has 0 aliphatic carbocycles. The molecule has 3 aromatic rings. The lowest BCUT2D eigenvalue weighted by atomic mass is 10.0. The van der Waals surface area contributed by atoms with E-state index in [1.54, 1.807) is 31.2 Å². The average Bonchev–Trinajstić information content (AvgIpc) is 2.77. The fraction of sp³-hybridized carbons (Fsp3) is 0.190. The predicted octanol–water partition coefficient (Wildman–Crippen LogP) is 3.68. The molecule has 0 spiro atoms. The summed E-state index contributed by atoms with van der Waals surface area (Å²) in [4.78, 5) is 28.4. The van der Waals surface area contributed by atoms with E-state index in [4.69, 9.17) is 9.47 Å². The van der Waals surface area contributed by atoms with E-state index in [-0.39, 0.29) is 23.4 Å². The third-order valence-electron chi connectivity index (χ3n) is 4.61. The number of rotatable bonds is 6. The number of fused-ring (bicyclic) bond motifs is 1.